The van der Waals surface area contributed by atoms with E-state index in [1.165, 1.54) is 7.11 Å². The van der Waals surface area contributed by atoms with E-state index in [1.807, 2.05) is 0 Å². The zero-order valence-electron chi connectivity index (χ0n) is 5.56. The summed E-state index contributed by atoms with van der Waals surface area (Å²) in [7, 11) is 1.53. The topological polar surface area (TPSA) is 29.5 Å². The molecular formula is C6H12O2. The first-order valence-electron chi connectivity index (χ1n) is 2.44. The number of hydrogen-bond acceptors (Lipinski definition) is 2. The molecule has 1 N–H and O–H groups in total. The summed E-state index contributed by atoms with van der Waals surface area (Å²) in [6, 6.07) is 0. The highest BCUT2D eigenvalue weighted by atomic mass is 16.5. The number of aliphatic hydroxyl groups is 1. The van der Waals surface area contributed by atoms with Crippen LogP contribution in [-0.4, -0.2) is 17.8 Å². The van der Waals surface area contributed by atoms with E-state index in [0.29, 0.717) is 0 Å². The smallest absolute Gasteiger partial charge is 0.118 e. The fourth-order valence-electron chi connectivity index (χ4n) is 0.118. The SMILES string of the molecule is C=C(O)C(C)(C)OC. The van der Waals surface area contributed by atoms with Crippen LogP contribution in [0.5, 0.6) is 0 Å². The maximum atomic E-state index is 8.76. The predicted molar refractivity (Wildman–Crippen MR) is 32.9 cm³/mol. The number of hydrogen-bond donors (Lipinski definition) is 1. The normalized spacial score (nSPS) is 11.4. The van der Waals surface area contributed by atoms with Crippen molar-refractivity contribution in [3.8, 4) is 0 Å². The average Bonchev–Trinajstić information content (AvgIpc) is 1.67. The van der Waals surface area contributed by atoms with E-state index in [1.54, 1.807) is 13.8 Å². The lowest BCUT2D eigenvalue weighted by molar-refractivity contribution is 0.0209. The number of ether oxygens (including phenoxy) is 1. The Bertz CT molecular complexity index is 94.7. The van der Waals surface area contributed by atoms with Crippen LogP contribution in [0.4, 0.5) is 0 Å². The van der Waals surface area contributed by atoms with Crippen LogP contribution in [0.25, 0.3) is 0 Å². The molecule has 0 amide bonds. The second-order valence-corrected chi connectivity index (χ2v) is 2.16. The van der Waals surface area contributed by atoms with Gasteiger partial charge in [-0.2, -0.15) is 0 Å². The molecule has 0 aromatic carbocycles. The summed E-state index contributed by atoms with van der Waals surface area (Å²) in [6.07, 6.45) is 0. The highest BCUT2D eigenvalue weighted by Gasteiger charge is 2.18. The summed E-state index contributed by atoms with van der Waals surface area (Å²) < 4.78 is 4.85. The molecule has 2 nitrogen and oxygen atoms in total. The van der Waals surface area contributed by atoms with Crippen LogP contribution in [0.3, 0.4) is 0 Å². The van der Waals surface area contributed by atoms with E-state index < -0.39 is 5.60 Å². The van der Waals surface area contributed by atoms with Crippen LogP contribution in [0.2, 0.25) is 0 Å². The van der Waals surface area contributed by atoms with E-state index in [4.69, 9.17) is 9.84 Å². The Morgan fingerprint density at radius 3 is 2.00 bits per heavy atom. The molecule has 0 rings (SSSR count). The molecule has 0 atom stereocenters. The van der Waals surface area contributed by atoms with E-state index in [0.717, 1.165) is 0 Å². The molecule has 0 aliphatic rings. The van der Waals surface area contributed by atoms with Crippen LogP contribution in [0.15, 0.2) is 12.3 Å². The van der Waals surface area contributed by atoms with Crippen LogP contribution in [0, 0.1) is 0 Å². The van der Waals surface area contributed by atoms with E-state index in [2.05, 4.69) is 6.58 Å². The van der Waals surface area contributed by atoms with Gasteiger partial charge in [0.25, 0.3) is 0 Å². The van der Waals surface area contributed by atoms with Crippen molar-refractivity contribution >= 4 is 0 Å². The highest BCUT2D eigenvalue weighted by molar-refractivity contribution is 4.98. The van der Waals surface area contributed by atoms with Gasteiger partial charge in [-0.1, -0.05) is 6.58 Å². The Hall–Kier alpha value is -0.500. The van der Waals surface area contributed by atoms with Gasteiger partial charge in [-0.3, -0.25) is 0 Å². The van der Waals surface area contributed by atoms with Crippen molar-refractivity contribution in [1.29, 1.82) is 0 Å². The molecule has 0 unspecified atom stereocenters. The minimum Gasteiger partial charge on any atom is -0.510 e. The van der Waals surface area contributed by atoms with E-state index in [-0.39, 0.29) is 5.76 Å². The zero-order chi connectivity index (χ0) is 6.78. The molecule has 0 radical (unpaired) electrons. The third kappa shape index (κ3) is 1.54. The largest absolute Gasteiger partial charge is 0.510 e. The lowest BCUT2D eigenvalue weighted by Gasteiger charge is -2.20. The van der Waals surface area contributed by atoms with Gasteiger partial charge >= 0.3 is 0 Å². The molecule has 0 fully saturated rings. The van der Waals surface area contributed by atoms with Crippen molar-refractivity contribution in [3.05, 3.63) is 12.3 Å². The quantitative estimate of drug-likeness (QED) is 0.554. The first-order chi connectivity index (χ1) is 3.50. The minimum atomic E-state index is -0.597. The average molecular weight is 116 g/mol. The fraction of sp³-hybridized carbons (Fsp3) is 0.667. The zero-order valence-corrected chi connectivity index (χ0v) is 5.56. The monoisotopic (exact) mass is 116 g/mol. The van der Waals surface area contributed by atoms with Gasteiger partial charge in [0.1, 0.15) is 11.4 Å². The van der Waals surface area contributed by atoms with E-state index >= 15 is 0 Å². The summed E-state index contributed by atoms with van der Waals surface area (Å²) in [6.45, 7) is 6.82. The maximum Gasteiger partial charge on any atom is 0.118 e. The summed E-state index contributed by atoms with van der Waals surface area (Å²) in [5, 5.41) is 8.76. The molecule has 0 saturated carbocycles. The third-order valence-corrected chi connectivity index (χ3v) is 1.21. The summed E-state index contributed by atoms with van der Waals surface area (Å²) in [5.41, 5.74) is -0.597. The molecule has 0 bridgehead atoms. The Balaban J connectivity index is 3.91. The lowest BCUT2D eigenvalue weighted by Crippen LogP contribution is -2.24. The van der Waals surface area contributed by atoms with Crippen LogP contribution < -0.4 is 0 Å². The van der Waals surface area contributed by atoms with Crippen molar-refractivity contribution < 1.29 is 9.84 Å². The first kappa shape index (κ1) is 7.50. The molecule has 48 valence electrons. The molecule has 8 heavy (non-hydrogen) atoms. The van der Waals surface area contributed by atoms with Crippen molar-refractivity contribution in [2.45, 2.75) is 19.4 Å². The Kier molecular flexibility index (Phi) is 2.04. The van der Waals surface area contributed by atoms with Gasteiger partial charge in [-0.15, -0.1) is 0 Å². The number of rotatable bonds is 2. The fourth-order valence-corrected chi connectivity index (χ4v) is 0.118. The first-order valence-corrected chi connectivity index (χ1v) is 2.44. The number of aliphatic hydroxyl groups excluding tert-OH is 1. The summed E-state index contributed by atoms with van der Waals surface area (Å²) in [4.78, 5) is 0. The molecule has 0 aliphatic carbocycles. The van der Waals surface area contributed by atoms with Gasteiger partial charge in [-0.05, 0) is 13.8 Å². The van der Waals surface area contributed by atoms with Crippen molar-refractivity contribution in [2.75, 3.05) is 7.11 Å². The van der Waals surface area contributed by atoms with Gasteiger partial charge in [0.2, 0.25) is 0 Å². The summed E-state index contributed by atoms with van der Waals surface area (Å²) in [5.74, 6) is 0.0556. The van der Waals surface area contributed by atoms with Crippen molar-refractivity contribution in [1.82, 2.24) is 0 Å². The number of methoxy groups -OCH3 is 1. The maximum absolute atomic E-state index is 8.76. The molecule has 0 aromatic heterocycles. The van der Waals surface area contributed by atoms with Gasteiger partial charge in [-0.25, -0.2) is 0 Å². The van der Waals surface area contributed by atoms with Gasteiger partial charge in [0.05, 0.1) is 0 Å². The third-order valence-electron chi connectivity index (χ3n) is 1.21. The molecule has 0 heterocycles. The Morgan fingerprint density at radius 1 is 1.62 bits per heavy atom. The molecule has 0 saturated heterocycles. The van der Waals surface area contributed by atoms with Crippen molar-refractivity contribution in [2.24, 2.45) is 0 Å². The van der Waals surface area contributed by atoms with Crippen LogP contribution in [0.1, 0.15) is 13.8 Å². The Morgan fingerprint density at radius 2 is 2.00 bits per heavy atom. The molecule has 0 spiro atoms. The minimum absolute atomic E-state index is 0.0556. The molecule has 0 aliphatic heterocycles. The van der Waals surface area contributed by atoms with Crippen LogP contribution in [-0.2, 0) is 4.74 Å². The predicted octanol–water partition coefficient (Wildman–Crippen LogP) is 1.48. The molecular weight excluding hydrogens is 104 g/mol. The van der Waals surface area contributed by atoms with Gasteiger partial charge in [0, 0.05) is 7.11 Å². The summed E-state index contributed by atoms with van der Waals surface area (Å²) >= 11 is 0. The van der Waals surface area contributed by atoms with Crippen LogP contribution >= 0.6 is 0 Å². The second kappa shape index (κ2) is 2.18. The standard InChI is InChI=1S/C6H12O2/c1-5(7)6(2,3)8-4/h7H,1H2,2-4H3. The van der Waals surface area contributed by atoms with Gasteiger partial charge < -0.3 is 9.84 Å². The van der Waals surface area contributed by atoms with Gasteiger partial charge in [0.15, 0.2) is 0 Å². The van der Waals surface area contributed by atoms with E-state index in [9.17, 15) is 0 Å². The molecule has 2 heteroatoms. The Labute approximate surface area is 49.8 Å². The second-order valence-electron chi connectivity index (χ2n) is 2.16. The van der Waals surface area contributed by atoms with Crippen molar-refractivity contribution in [3.63, 3.8) is 0 Å². The molecule has 0 aromatic rings. The highest BCUT2D eigenvalue weighted by Crippen LogP contribution is 2.13. The lowest BCUT2D eigenvalue weighted by atomic mass is 10.1.